The molecule has 0 radical (unpaired) electrons. The van der Waals surface area contributed by atoms with Crippen molar-refractivity contribution in [1.29, 1.82) is 0 Å². The molecule has 0 aromatic carbocycles. The zero-order chi connectivity index (χ0) is 16.3. The summed E-state index contributed by atoms with van der Waals surface area (Å²) in [6.07, 6.45) is 3.12. The minimum Gasteiger partial charge on any atom is -0.334 e. The van der Waals surface area contributed by atoms with E-state index >= 15 is 0 Å². The lowest BCUT2D eigenvalue weighted by Crippen LogP contribution is -2.29. The number of carbonyl (C=O) groups excluding carboxylic acids is 1. The van der Waals surface area contributed by atoms with E-state index in [-0.39, 0.29) is 6.03 Å². The molecular weight excluding hydrogens is 302 g/mol. The van der Waals surface area contributed by atoms with E-state index in [9.17, 15) is 4.79 Å². The van der Waals surface area contributed by atoms with Gasteiger partial charge < -0.3 is 10.6 Å². The maximum absolute atomic E-state index is 12.0. The number of halogens is 1. The summed E-state index contributed by atoms with van der Waals surface area (Å²) in [5.41, 5.74) is 4.43. The molecule has 0 saturated carbocycles. The van der Waals surface area contributed by atoms with Crippen molar-refractivity contribution in [2.45, 2.75) is 40.8 Å². The van der Waals surface area contributed by atoms with Crippen LogP contribution in [0.3, 0.4) is 0 Å². The average molecular weight is 322 g/mol. The van der Waals surface area contributed by atoms with Crippen LogP contribution < -0.4 is 10.6 Å². The van der Waals surface area contributed by atoms with Gasteiger partial charge in [0.25, 0.3) is 0 Å². The molecule has 0 aliphatic heterocycles. The van der Waals surface area contributed by atoms with Crippen LogP contribution in [0.5, 0.6) is 0 Å². The lowest BCUT2D eigenvalue weighted by atomic mass is 10.2. The predicted octanol–water partition coefficient (Wildman–Crippen LogP) is 3.20. The van der Waals surface area contributed by atoms with E-state index < -0.39 is 0 Å². The number of aromatic nitrogens is 3. The van der Waals surface area contributed by atoms with Gasteiger partial charge in [0.05, 0.1) is 22.6 Å². The summed E-state index contributed by atoms with van der Waals surface area (Å²) in [4.78, 5) is 16.0. The molecule has 22 heavy (non-hydrogen) atoms. The van der Waals surface area contributed by atoms with Crippen LogP contribution >= 0.6 is 11.6 Å². The third-order valence-electron chi connectivity index (χ3n) is 3.66. The zero-order valence-electron chi connectivity index (χ0n) is 13.2. The lowest BCUT2D eigenvalue weighted by Gasteiger charge is -2.10. The molecule has 2 aromatic heterocycles. The van der Waals surface area contributed by atoms with Gasteiger partial charge in [-0.1, -0.05) is 11.6 Å². The Morgan fingerprint density at radius 2 is 2.05 bits per heavy atom. The number of anilines is 1. The monoisotopic (exact) mass is 321 g/mol. The number of hydrogen-bond donors (Lipinski definition) is 2. The summed E-state index contributed by atoms with van der Waals surface area (Å²) in [6, 6.07) is -0.296. The van der Waals surface area contributed by atoms with Crippen molar-refractivity contribution >= 4 is 23.3 Å². The van der Waals surface area contributed by atoms with Crippen LogP contribution in [0.1, 0.15) is 29.4 Å². The molecule has 2 aromatic rings. The smallest absolute Gasteiger partial charge is 0.319 e. The Morgan fingerprint density at radius 1 is 1.32 bits per heavy atom. The lowest BCUT2D eigenvalue weighted by molar-refractivity contribution is 0.251. The van der Waals surface area contributed by atoms with E-state index in [0.717, 1.165) is 29.1 Å². The standard InChI is InChI=1S/C15H20ClN5O/c1-5-21-11(4)12(10(3)20-21)6-18-15(22)19-14-8-17-7-13(16)9(14)2/h7-8H,5-6H2,1-4H3,(H2,18,19,22). The number of urea groups is 1. The summed E-state index contributed by atoms with van der Waals surface area (Å²) in [5.74, 6) is 0. The van der Waals surface area contributed by atoms with Crippen molar-refractivity contribution in [3.63, 3.8) is 0 Å². The molecule has 2 N–H and O–H groups in total. The van der Waals surface area contributed by atoms with E-state index in [1.807, 2.05) is 32.4 Å². The maximum Gasteiger partial charge on any atom is 0.319 e. The Bertz CT molecular complexity index is 695. The van der Waals surface area contributed by atoms with Crippen LogP contribution in [0, 0.1) is 20.8 Å². The summed E-state index contributed by atoms with van der Waals surface area (Å²) in [6.45, 7) is 9.06. The Morgan fingerprint density at radius 3 is 2.68 bits per heavy atom. The molecule has 0 unspecified atom stereocenters. The fourth-order valence-electron chi connectivity index (χ4n) is 2.26. The Balaban J connectivity index is 2.02. The van der Waals surface area contributed by atoms with Gasteiger partial charge in [-0.05, 0) is 33.3 Å². The highest BCUT2D eigenvalue weighted by molar-refractivity contribution is 6.31. The zero-order valence-corrected chi connectivity index (χ0v) is 14.0. The molecule has 0 fully saturated rings. The van der Waals surface area contributed by atoms with E-state index in [0.29, 0.717) is 17.3 Å². The predicted molar refractivity (Wildman–Crippen MR) is 87.2 cm³/mol. The number of amides is 2. The Hall–Kier alpha value is -2.08. The molecule has 0 aliphatic rings. The number of rotatable bonds is 4. The molecule has 0 spiro atoms. The molecule has 2 amide bonds. The maximum atomic E-state index is 12.0. The number of carbonyl (C=O) groups is 1. The van der Waals surface area contributed by atoms with Gasteiger partial charge in [0.2, 0.25) is 0 Å². The third kappa shape index (κ3) is 3.39. The highest BCUT2D eigenvalue weighted by atomic mass is 35.5. The van der Waals surface area contributed by atoms with Gasteiger partial charge in [-0.2, -0.15) is 5.10 Å². The second kappa shape index (κ2) is 6.79. The van der Waals surface area contributed by atoms with E-state index in [4.69, 9.17) is 11.6 Å². The fourth-order valence-corrected chi connectivity index (χ4v) is 2.42. The van der Waals surface area contributed by atoms with Crippen LogP contribution in [-0.2, 0) is 13.1 Å². The molecule has 7 heteroatoms. The molecule has 0 saturated heterocycles. The molecule has 0 aliphatic carbocycles. The fraction of sp³-hybridized carbons (Fsp3) is 0.400. The van der Waals surface area contributed by atoms with Crippen molar-refractivity contribution in [3.05, 3.63) is 39.9 Å². The molecular formula is C15H20ClN5O. The molecule has 0 bridgehead atoms. The first-order valence-corrected chi connectivity index (χ1v) is 7.49. The third-order valence-corrected chi connectivity index (χ3v) is 4.04. The molecule has 2 rings (SSSR count). The summed E-state index contributed by atoms with van der Waals surface area (Å²) >= 11 is 5.99. The first kappa shape index (κ1) is 16.3. The summed E-state index contributed by atoms with van der Waals surface area (Å²) in [7, 11) is 0. The highest BCUT2D eigenvalue weighted by Crippen LogP contribution is 2.21. The molecule has 2 heterocycles. The van der Waals surface area contributed by atoms with Gasteiger partial charge in [0.15, 0.2) is 0 Å². The first-order chi connectivity index (χ1) is 10.4. The number of aryl methyl sites for hydroxylation is 2. The second-order valence-electron chi connectivity index (χ2n) is 5.07. The van der Waals surface area contributed by atoms with Gasteiger partial charge in [-0.3, -0.25) is 9.67 Å². The molecule has 6 nitrogen and oxygen atoms in total. The Labute approximate surface area is 134 Å². The van der Waals surface area contributed by atoms with E-state index in [1.165, 1.54) is 0 Å². The summed E-state index contributed by atoms with van der Waals surface area (Å²) in [5, 5.41) is 10.6. The number of nitrogens with one attached hydrogen (secondary N) is 2. The summed E-state index contributed by atoms with van der Waals surface area (Å²) < 4.78 is 1.93. The van der Waals surface area contributed by atoms with E-state index in [1.54, 1.807) is 12.4 Å². The van der Waals surface area contributed by atoms with Crippen LogP contribution in [0.15, 0.2) is 12.4 Å². The van der Waals surface area contributed by atoms with Crippen molar-refractivity contribution in [2.24, 2.45) is 0 Å². The van der Waals surface area contributed by atoms with Crippen LogP contribution in [0.2, 0.25) is 5.02 Å². The minimum absolute atomic E-state index is 0.296. The minimum atomic E-state index is -0.296. The van der Waals surface area contributed by atoms with Crippen molar-refractivity contribution < 1.29 is 4.79 Å². The van der Waals surface area contributed by atoms with Crippen LogP contribution in [-0.4, -0.2) is 20.8 Å². The molecule has 118 valence electrons. The van der Waals surface area contributed by atoms with E-state index in [2.05, 4.69) is 20.7 Å². The number of nitrogens with zero attached hydrogens (tertiary/aromatic N) is 3. The normalized spacial score (nSPS) is 10.6. The van der Waals surface area contributed by atoms with Crippen LogP contribution in [0.25, 0.3) is 0 Å². The highest BCUT2D eigenvalue weighted by Gasteiger charge is 2.12. The van der Waals surface area contributed by atoms with Gasteiger partial charge in [-0.25, -0.2) is 4.79 Å². The van der Waals surface area contributed by atoms with Gasteiger partial charge in [0, 0.05) is 30.5 Å². The Kier molecular flexibility index (Phi) is 5.03. The van der Waals surface area contributed by atoms with Gasteiger partial charge in [0.1, 0.15) is 0 Å². The quantitative estimate of drug-likeness (QED) is 0.908. The van der Waals surface area contributed by atoms with Crippen molar-refractivity contribution in [2.75, 3.05) is 5.32 Å². The topological polar surface area (TPSA) is 71.8 Å². The molecule has 0 atom stereocenters. The first-order valence-electron chi connectivity index (χ1n) is 7.11. The second-order valence-corrected chi connectivity index (χ2v) is 5.47. The average Bonchev–Trinajstić information content (AvgIpc) is 2.76. The largest absolute Gasteiger partial charge is 0.334 e. The van der Waals surface area contributed by atoms with Crippen LogP contribution in [0.4, 0.5) is 10.5 Å². The number of hydrogen-bond acceptors (Lipinski definition) is 3. The number of pyridine rings is 1. The SMILES string of the molecule is CCn1nc(C)c(CNC(=O)Nc2cncc(Cl)c2C)c1C. The van der Waals surface area contributed by atoms with Gasteiger partial charge >= 0.3 is 6.03 Å². The van der Waals surface area contributed by atoms with Crippen molar-refractivity contribution in [1.82, 2.24) is 20.1 Å². The van der Waals surface area contributed by atoms with Crippen molar-refractivity contribution in [3.8, 4) is 0 Å². The van der Waals surface area contributed by atoms with Gasteiger partial charge in [-0.15, -0.1) is 0 Å².